The smallest absolute Gasteiger partial charge is 0.488 e. The predicted molar refractivity (Wildman–Crippen MR) is 142 cm³/mol. The molecule has 1 N–H and O–H groups in total. The van der Waals surface area contributed by atoms with Crippen LogP contribution in [0.5, 0.6) is 5.75 Å². The first-order valence-corrected chi connectivity index (χ1v) is 13.7. The lowest BCUT2D eigenvalue weighted by molar-refractivity contribution is -0.158. The Morgan fingerprint density at radius 2 is 1.90 bits per heavy atom. The van der Waals surface area contributed by atoms with E-state index >= 15 is 0 Å². The monoisotopic (exact) mass is 573 g/mol. The van der Waals surface area contributed by atoms with Crippen molar-refractivity contribution >= 4 is 41.6 Å². The van der Waals surface area contributed by atoms with Crippen LogP contribution in [-0.2, 0) is 23.8 Å². The fraction of sp³-hybridized carbons (Fsp3) is 0.360. The molecule has 1 saturated heterocycles. The predicted octanol–water partition coefficient (Wildman–Crippen LogP) is 3.63. The third kappa shape index (κ3) is 6.45. The number of rotatable bonds is 13. The van der Waals surface area contributed by atoms with Gasteiger partial charge in [0, 0.05) is 5.25 Å². The second-order valence-electron chi connectivity index (χ2n) is 8.40. The Bertz CT molecular complexity index is 1250. The van der Waals surface area contributed by atoms with Crippen molar-refractivity contribution in [3.8, 4) is 5.75 Å². The van der Waals surface area contributed by atoms with Gasteiger partial charge in [-0.2, -0.15) is 0 Å². The Balaban J connectivity index is 1.42. The molecule has 4 rings (SSSR count). The van der Waals surface area contributed by atoms with Gasteiger partial charge in [-0.05, 0) is 42.0 Å². The number of hydrogen-bond donors (Lipinski definition) is 1. The maximum atomic E-state index is 13.0. The third-order valence-electron chi connectivity index (χ3n) is 5.82. The minimum atomic E-state index is -0.896. The molecule has 0 radical (unpaired) electrons. The minimum absolute atomic E-state index is 0.00548. The first-order chi connectivity index (χ1) is 18.8. The quantitative estimate of drug-likeness (QED) is 0.162. The van der Waals surface area contributed by atoms with Gasteiger partial charge in [0.1, 0.15) is 48.7 Å². The van der Waals surface area contributed by atoms with E-state index in [-0.39, 0.29) is 36.7 Å². The molecule has 0 saturated carbocycles. The number of hydrogen-bond acceptors (Lipinski definition) is 12. The van der Waals surface area contributed by atoms with E-state index in [0.29, 0.717) is 15.8 Å². The number of carbonyl (C=O) groups excluding carboxylic acids is 3. The van der Waals surface area contributed by atoms with Crippen molar-refractivity contribution in [3.63, 3.8) is 0 Å². The van der Waals surface area contributed by atoms with Crippen molar-refractivity contribution in [1.82, 2.24) is 25.5 Å². The Kier molecular flexibility index (Phi) is 9.30. The fourth-order valence-corrected chi connectivity index (χ4v) is 6.26. The van der Waals surface area contributed by atoms with Crippen LogP contribution in [-0.4, -0.2) is 74.9 Å². The van der Waals surface area contributed by atoms with Gasteiger partial charge in [0.25, 0.3) is 0 Å². The number of esters is 1. The molecule has 39 heavy (non-hydrogen) atoms. The highest BCUT2D eigenvalue weighted by Gasteiger charge is 2.59. The Labute approximate surface area is 233 Å². The number of aromatic nitrogens is 4. The van der Waals surface area contributed by atoms with Gasteiger partial charge in [0.15, 0.2) is 0 Å². The van der Waals surface area contributed by atoms with Gasteiger partial charge >= 0.3 is 12.1 Å². The van der Waals surface area contributed by atoms with Crippen LogP contribution in [0.25, 0.3) is 0 Å². The second-order valence-corrected chi connectivity index (χ2v) is 10.9. The van der Waals surface area contributed by atoms with E-state index in [2.05, 4.69) is 33.8 Å². The SMILES string of the molecule is C=CCOC(=O)O[C@H](C)[C@H]1C(=O)N2C(C(=O)OCC=C)=C(COc3ccc(C(C)Sc4nnn[nH]4)cc3)S[C@H]12. The molecule has 12 nitrogen and oxygen atoms in total. The highest BCUT2D eigenvalue weighted by molar-refractivity contribution is 8.04. The largest absolute Gasteiger partial charge is 0.508 e. The number of aromatic amines is 1. The van der Waals surface area contributed by atoms with Crippen LogP contribution >= 0.6 is 23.5 Å². The van der Waals surface area contributed by atoms with E-state index in [0.717, 1.165) is 5.56 Å². The molecule has 2 aliphatic heterocycles. The van der Waals surface area contributed by atoms with Gasteiger partial charge in [-0.1, -0.05) is 61.0 Å². The minimum Gasteiger partial charge on any atom is -0.488 e. The van der Waals surface area contributed by atoms with Gasteiger partial charge in [0.05, 0.1) is 4.91 Å². The standard InChI is InChI=1S/C25H27N5O7S2/c1-5-11-34-23(32)20-18(39-22-19(21(31)30(20)22)14(3)37-25(33)35-12-6-2)13-36-17-9-7-16(8-10-17)15(4)38-24-26-28-29-27-24/h5-10,14-15,19,22H,1-2,11-13H2,3-4H3,(H,26,27,28,29)/t14-,15?,19+,22-/m1/s1. The number of amides is 1. The number of H-pyrrole nitrogens is 1. The van der Waals surface area contributed by atoms with E-state index in [1.807, 2.05) is 31.2 Å². The summed E-state index contributed by atoms with van der Waals surface area (Å²) in [6.07, 6.45) is 1.19. The van der Waals surface area contributed by atoms with Crippen LogP contribution in [0.15, 0.2) is 65.3 Å². The maximum Gasteiger partial charge on any atom is 0.508 e. The molecule has 2 aliphatic rings. The normalized spacial score (nSPS) is 19.4. The van der Waals surface area contributed by atoms with Gasteiger partial charge in [-0.3, -0.25) is 9.69 Å². The Morgan fingerprint density at radius 3 is 2.56 bits per heavy atom. The summed E-state index contributed by atoms with van der Waals surface area (Å²) in [5, 5.41) is 14.0. The summed E-state index contributed by atoms with van der Waals surface area (Å²) >= 11 is 2.79. The molecular weight excluding hydrogens is 546 g/mol. The van der Waals surface area contributed by atoms with Crippen molar-refractivity contribution in [2.75, 3.05) is 19.8 Å². The van der Waals surface area contributed by atoms with E-state index in [1.165, 1.54) is 40.6 Å². The van der Waals surface area contributed by atoms with Gasteiger partial charge < -0.3 is 18.9 Å². The van der Waals surface area contributed by atoms with E-state index < -0.39 is 29.5 Å². The number of β-lactam (4-membered cyclic amide) rings is 1. The van der Waals surface area contributed by atoms with Gasteiger partial charge in [0.2, 0.25) is 11.1 Å². The number of ether oxygens (including phenoxy) is 4. The number of nitrogens with one attached hydrogen (secondary N) is 1. The van der Waals surface area contributed by atoms with Crippen molar-refractivity contribution in [2.24, 2.45) is 5.92 Å². The lowest BCUT2D eigenvalue weighted by Crippen LogP contribution is -2.61. The molecule has 0 aliphatic carbocycles. The average molecular weight is 574 g/mol. The summed E-state index contributed by atoms with van der Waals surface area (Å²) in [5.41, 5.74) is 1.17. The number of carbonyl (C=O) groups is 3. The van der Waals surface area contributed by atoms with Gasteiger partial charge in [-0.15, -0.1) is 5.10 Å². The topological polar surface area (TPSA) is 146 Å². The Hall–Kier alpha value is -3.78. The number of benzene rings is 1. The number of nitrogens with zero attached hydrogens (tertiary/aromatic N) is 4. The van der Waals surface area contributed by atoms with E-state index in [9.17, 15) is 14.4 Å². The summed E-state index contributed by atoms with van der Waals surface area (Å²) in [6, 6.07) is 7.52. The molecule has 206 valence electrons. The lowest BCUT2D eigenvalue weighted by Gasteiger charge is -2.44. The van der Waals surface area contributed by atoms with Crippen molar-refractivity contribution in [3.05, 3.63) is 65.7 Å². The van der Waals surface area contributed by atoms with E-state index in [1.54, 1.807) is 6.92 Å². The lowest BCUT2D eigenvalue weighted by atomic mass is 9.92. The zero-order valence-electron chi connectivity index (χ0n) is 21.3. The highest BCUT2D eigenvalue weighted by Crippen LogP contribution is 2.51. The zero-order valence-corrected chi connectivity index (χ0v) is 22.9. The molecule has 2 aromatic rings. The third-order valence-corrected chi connectivity index (χ3v) is 8.18. The van der Waals surface area contributed by atoms with Crippen LogP contribution < -0.4 is 4.74 Å². The first kappa shape index (κ1) is 28.2. The molecule has 1 amide bonds. The molecular formula is C25H27N5O7S2. The van der Waals surface area contributed by atoms with Crippen LogP contribution in [0.3, 0.4) is 0 Å². The molecule has 1 fully saturated rings. The molecule has 3 heterocycles. The number of thioether (sulfide) groups is 2. The van der Waals surface area contributed by atoms with Gasteiger partial charge in [-0.25, -0.2) is 14.7 Å². The van der Waals surface area contributed by atoms with Crippen molar-refractivity contribution in [1.29, 1.82) is 0 Å². The van der Waals surface area contributed by atoms with Crippen LogP contribution in [0.4, 0.5) is 4.79 Å². The Morgan fingerprint density at radius 1 is 1.18 bits per heavy atom. The van der Waals surface area contributed by atoms with Crippen LogP contribution in [0, 0.1) is 5.92 Å². The van der Waals surface area contributed by atoms with Crippen LogP contribution in [0.2, 0.25) is 0 Å². The summed E-state index contributed by atoms with van der Waals surface area (Å²) in [7, 11) is 0. The molecule has 4 atom stereocenters. The maximum absolute atomic E-state index is 13.0. The summed E-state index contributed by atoms with van der Waals surface area (Å²) in [6.45, 7) is 10.7. The molecule has 0 spiro atoms. The highest BCUT2D eigenvalue weighted by atomic mass is 32.2. The molecule has 14 heteroatoms. The molecule has 0 bridgehead atoms. The number of fused-ring (bicyclic) bond motifs is 1. The zero-order chi connectivity index (χ0) is 27.9. The second kappa shape index (κ2) is 12.8. The van der Waals surface area contributed by atoms with E-state index in [4.69, 9.17) is 18.9 Å². The van der Waals surface area contributed by atoms with Crippen LogP contribution in [0.1, 0.15) is 24.7 Å². The fourth-order valence-electron chi connectivity index (χ4n) is 3.94. The van der Waals surface area contributed by atoms with Crippen molar-refractivity contribution < 1.29 is 33.3 Å². The molecule has 1 aromatic carbocycles. The van der Waals surface area contributed by atoms with Crippen molar-refractivity contribution in [2.45, 2.75) is 35.7 Å². The average Bonchev–Trinajstić information content (AvgIpc) is 3.55. The molecule has 1 aromatic heterocycles. The summed E-state index contributed by atoms with van der Waals surface area (Å²) in [4.78, 5) is 39.7. The summed E-state index contributed by atoms with van der Waals surface area (Å²) in [5.74, 6) is -1.08. The summed E-state index contributed by atoms with van der Waals surface area (Å²) < 4.78 is 21.3. The molecule has 1 unspecified atom stereocenters. The number of tetrazole rings is 1. The first-order valence-electron chi connectivity index (χ1n) is 11.9.